The minimum absolute atomic E-state index is 0.104. The molecule has 1 saturated heterocycles. The molecule has 3 rings (SSSR count). The number of aromatic nitrogens is 1. The first-order valence-corrected chi connectivity index (χ1v) is 8.33. The average molecular weight is 325 g/mol. The number of likely N-dealkylation sites (tertiary alicyclic amines) is 1. The van der Waals surface area contributed by atoms with Crippen LogP contribution in [0.3, 0.4) is 0 Å². The van der Waals surface area contributed by atoms with E-state index in [9.17, 15) is 9.59 Å². The summed E-state index contributed by atoms with van der Waals surface area (Å²) in [5.74, 6) is -0.299. The normalized spacial score (nSPS) is 18.3. The Labute approximate surface area is 141 Å². The lowest BCUT2D eigenvalue weighted by molar-refractivity contribution is 0.0911. The van der Waals surface area contributed by atoms with E-state index in [-0.39, 0.29) is 23.1 Å². The Bertz CT molecular complexity index is 797. The van der Waals surface area contributed by atoms with Gasteiger partial charge in [-0.15, -0.1) is 0 Å². The van der Waals surface area contributed by atoms with Crippen molar-refractivity contribution in [2.24, 2.45) is 0 Å². The largest absolute Gasteiger partial charge is 0.348 e. The van der Waals surface area contributed by atoms with Crippen LogP contribution in [0.5, 0.6) is 0 Å². The van der Waals surface area contributed by atoms with Crippen molar-refractivity contribution in [3.63, 3.8) is 0 Å². The molecule has 0 radical (unpaired) electrons. The van der Waals surface area contributed by atoms with E-state index < -0.39 is 0 Å². The number of carbonyl (C=O) groups is 1. The molecule has 0 unspecified atom stereocenters. The number of benzene rings is 1. The number of rotatable bonds is 3. The summed E-state index contributed by atoms with van der Waals surface area (Å²) < 4.78 is 0. The van der Waals surface area contributed by atoms with Crippen LogP contribution < -0.4 is 10.9 Å². The van der Waals surface area contributed by atoms with E-state index in [1.165, 1.54) is 0 Å². The van der Waals surface area contributed by atoms with Crippen LogP contribution >= 0.6 is 0 Å². The van der Waals surface area contributed by atoms with Crippen LogP contribution in [-0.2, 0) is 0 Å². The monoisotopic (exact) mass is 325 g/mol. The van der Waals surface area contributed by atoms with E-state index >= 15 is 0 Å². The van der Waals surface area contributed by atoms with Crippen LogP contribution in [0.1, 0.15) is 28.8 Å². The van der Waals surface area contributed by atoms with Gasteiger partial charge in [-0.2, -0.15) is 0 Å². The lowest BCUT2D eigenvalue weighted by Crippen LogP contribution is -2.47. The van der Waals surface area contributed by atoms with Crippen LogP contribution in [0, 0.1) is 6.92 Å². The molecule has 24 heavy (non-hydrogen) atoms. The van der Waals surface area contributed by atoms with Crippen molar-refractivity contribution in [2.45, 2.75) is 25.8 Å². The van der Waals surface area contributed by atoms with Crippen molar-refractivity contribution in [1.82, 2.24) is 15.2 Å². The quantitative estimate of drug-likeness (QED) is 0.909. The lowest BCUT2D eigenvalue weighted by Gasteiger charge is -2.30. The Kier molecular flexibility index (Phi) is 4.81. The SMILES string of the molecule is Cc1cccc(-c2ccc(C(=O)N[C@@H]3CCCN(C)C3)c(=O)[nH]2)c1. The van der Waals surface area contributed by atoms with Crippen molar-refractivity contribution >= 4 is 5.91 Å². The summed E-state index contributed by atoms with van der Waals surface area (Å²) in [5.41, 5.74) is 2.59. The number of hydrogen-bond donors (Lipinski definition) is 2. The highest BCUT2D eigenvalue weighted by atomic mass is 16.2. The van der Waals surface area contributed by atoms with Crippen molar-refractivity contribution in [3.05, 3.63) is 57.9 Å². The second-order valence-corrected chi connectivity index (χ2v) is 6.56. The highest BCUT2D eigenvalue weighted by Crippen LogP contribution is 2.17. The molecular weight excluding hydrogens is 302 g/mol. The smallest absolute Gasteiger partial charge is 0.261 e. The molecule has 1 aliphatic heterocycles. The number of pyridine rings is 1. The fourth-order valence-electron chi connectivity index (χ4n) is 3.18. The molecule has 2 aromatic rings. The summed E-state index contributed by atoms with van der Waals surface area (Å²) in [4.78, 5) is 29.7. The maximum absolute atomic E-state index is 12.4. The standard InChI is InChI=1S/C19H23N3O2/c1-13-5-3-6-14(11-13)17-9-8-16(19(24)21-17)18(23)20-15-7-4-10-22(2)12-15/h3,5-6,8-9,11,15H,4,7,10,12H2,1-2H3,(H,20,23)(H,21,24)/t15-/m1/s1. The minimum atomic E-state index is -0.351. The summed E-state index contributed by atoms with van der Waals surface area (Å²) in [6, 6.07) is 11.4. The molecule has 126 valence electrons. The van der Waals surface area contributed by atoms with Gasteiger partial charge in [-0.3, -0.25) is 9.59 Å². The summed E-state index contributed by atoms with van der Waals surface area (Å²) in [5, 5.41) is 2.97. The van der Waals surface area contributed by atoms with Crippen molar-refractivity contribution in [2.75, 3.05) is 20.1 Å². The number of nitrogens with one attached hydrogen (secondary N) is 2. The lowest BCUT2D eigenvalue weighted by atomic mass is 10.1. The molecule has 1 aliphatic rings. The predicted octanol–water partition coefficient (Wildman–Crippen LogP) is 2.17. The number of aryl methyl sites for hydroxylation is 1. The van der Waals surface area contributed by atoms with Crippen molar-refractivity contribution < 1.29 is 4.79 Å². The van der Waals surface area contributed by atoms with Crippen LogP contribution in [0.2, 0.25) is 0 Å². The van der Waals surface area contributed by atoms with Gasteiger partial charge in [0.05, 0.1) is 0 Å². The van der Waals surface area contributed by atoms with Gasteiger partial charge >= 0.3 is 0 Å². The number of nitrogens with zero attached hydrogens (tertiary/aromatic N) is 1. The fraction of sp³-hybridized carbons (Fsp3) is 0.368. The highest BCUT2D eigenvalue weighted by molar-refractivity contribution is 5.94. The fourth-order valence-corrected chi connectivity index (χ4v) is 3.18. The summed E-state index contributed by atoms with van der Waals surface area (Å²) in [7, 11) is 2.04. The third-order valence-corrected chi connectivity index (χ3v) is 4.44. The van der Waals surface area contributed by atoms with E-state index in [0.717, 1.165) is 42.8 Å². The van der Waals surface area contributed by atoms with Crippen molar-refractivity contribution in [3.8, 4) is 11.3 Å². The van der Waals surface area contributed by atoms with E-state index in [1.807, 2.05) is 38.2 Å². The molecule has 0 aliphatic carbocycles. The highest BCUT2D eigenvalue weighted by Gasteiger charge is 2.21. The maximum atomic E-state index is 12.4. The predicted molar refractivity (Wildman–Crippen MR) is 95.2 cm³/mol. The van der Waals surface area contributed by atoms with Crippen LogP contribution in [0.15, 0.2) is 41.2 Å². The number of likely N-dealkylation sites (N-methyl/N-ethyl adjacent to an activating group) is 1. The first-order chi connectivity index (χ1) is 11.5. The van der Waals surface area contributed by atoms with E-state index in [0.29, 0.717) is 0 Å². The molecule has 0 saturated carbocycles. The van der Waals surface area contributed by atoms with E-state index in [2.05, 4.69) is 15.2 Å². The summed E-state index contributed by atoms with van der Waals surface area (Å²) >= 11 is 0. The van der Waals surface area contributed by atoms with Crippen LogP contribution in [-0.4, -0.2) is 42.0 Å². The van der Waals surface area contributed by atoms with Gasteiger partial charge in [-0.05, 0) is 57.1 Å². The zero-order chi connectivity index (χ0) is 17.1. The second-order valence-electron chi connectivity index (χ2n) is 6.56. The Morgan fingerprint density at radius 3 is 2.83 bits per heavy atom. The van der Waals surface area contributed by atoms with Crippen LogP contribution in [0.4, 0.5) is 0 Å². The second kappa shape index (κ2) is 7.01. The van der Waals surface area contributed by atoms with Crippen LogP contribution in [0.25, 0.3) is 11.3 Å². The third kappa shape index (κ3) is 3.74. The van der Waals surface area contributed by atoms with Gasteiger partial charge in [0.2, 0.25) is 0 Å². The molecule has 2 N–H and O–H groups in total. The molecule has 5 nitrogen and oxygen atoms in total. The number of aromatic amines is 1. The van der Waals surface area contributed by atoms with Gasteiger partial charge in [0.25, 0.3) is 11.5 Å². The molecule has 0 bridgehead atoms. The Morgan fingerprint density at radius 2 is 2.12 bits per heavy atom. The summed E-state index contributed by atoms with van der Waals surface area (Å²) in [6.45, 7) is 3.88. The molecule has 1 aromatic heterocycles. The zero-order valence-corrected chi connectivity index (χ0v) is 14.1. The first-order valence-electron chi connectivity index (χ1n) is 8.33. The molecule has 1 atom stereocenters. The number of amides is 1. The molecule has 1 aromatic carbocycles. The first kappa shape index (κ1) is 16.5. The third-order valence-electron chi connectivity index (χ3n) is 4.44. The van der Waals surface area contributed by atoms with Gasteiger partial charge in [0.1, 0.15) is 5.56 Å². The molecule has 5 heteroatoms. The Balaban J connectivity index is 1.77. The zero-order valence-electron chi connectivity index (χ0n) is 14.1. The summed E-state index contributed by atoms with van der Waals surface area (Å²) in [6.07, 6.45) is 2.01. The average Bonchev–Trinajstić information content (AvgIpc) is 2.54. The molecule has 0 spiro atoms. The number of H-pyrrole nitrogens is 1. The maximum Gasteiger partial charge on any atom is 0.261 e. The molecule has 1 amide bonds. The molecule has 2 heterocycles. The van der Waals surface area contributed by atoms with E-state index in [4.69, 9.17) is 0 Å². The van der Waals surface area contributed by atoms with Gasteiger partial charge in [0, 0.05) is 18.3 Å². The van der Waals surface area contributed by atoms with Crippen molar-refractivity contribution in [1.29, 1.82) is 0 Å². The number of piperidine rings is 1. The van der Waals surface area contributed by atoms with E-state index in [1.54, 1.807) is 12.1 Å². The molecular formula is C19H23N3O2. The Hall–Kier alpha value is -2.40. The van der Waals surface area contributed by atoms with Gasteiger partial charge in [-0.25, -0.2) is 0 Å². The number of hydrogen-bond acceptors (Lipinski definition) is 3. The topological polar surface area (TPSA) is 65.2 Å². The minimum Gasteiger partial charge on any atom is -0.348 e. The molecule has 1 fully saturated rings. The Morgan fingerprint density at radius 1 is 1.29 bits per heavy atom. The van der Waals surface area contributed by atoms with Gasteiger partial charge < -0.3 is 15.2 Å². The van der Waals surface area contributed by atoms with Gasteiger partial charge in [-0.1, -0.05) is 23.8 Å². The number of carbonyl (C=O) groups excluding carboxylic acids is 1. The van der Waals surface area contributed by atoms with Gasteiger partial charge in [0.15, 0.2) is 0 Å².